The minimum atomic E-state index is 0.0399. The minimum Gasteiger partial charge on any atom is -0.370 e. The maximum atomic E-state index is 5.55. The smallest absolute Gasteiger partial charge is 0.240 e. The molecule has 0 spiro atoms. The fourth-order valence-corrected chi connectivity index (χ4v) is 1.57. The van der Waals surface area contributed by atoms with Crippen LogP contribution in [-0.4, -0.2) is 23.8 Å². The van der Waals surface area contributed by atoms with Crippen molar-refractivity contribution in [3.05, 3.63) is 11.7 Å². The maximum absolute atomic E-state index is 5.55. The second-order valence-corrected chi connectivity index (χ2v) is 3.43. The lowest BCUT2D eigenvalue weighted by Gasteiger charge is -2.18. The van der Waals surface area contributed by atoms with E-state index in [1.165, 1.54) is 6.42 Å². The molecule has 1 aromatic rings. The van der Waals surface area contributed by atoms with Crippen molar-refractivity contribution in [1.82, 2.24) is 15.5 Å². The molecule has 2 heterocycles. The van der Waals surface area contributed by atoms with Crippen LogP contribution in [0, 0.1) is 0 Å². The molecular formula is C9H15N3O2. The predicted molar refractivity (Wildman–Crippen MR) is 49.6 cm³/mol. The van der Waals surface area contributed by atoms with E-state index in [9.17, 15) is 0 Å². The third-order valence-corrected chi connectivity index (χ3v) is 2.28. The Kier molecular flexibility index (Phi) is 3.10. The van der Waals surface area contributed by atoms with Crippen molar-refractivity contribution in [3.8, 4) is 0 Å². The van der Waals surface area contributed by atoms with Gasteiger partial charge < -0.3 is 14.6 Å². The molecule has 2 rings (SSSR count). The van der Waals surface area contributed by atoms with E-state index in [-0.39, 0.29) is 6.10 Å². The largest absolute Gasteiger partial charge is 0.370 e. The summed E-state index contributed by atoms with van der Waals surface area (Å²) in [5.41, 5.74) is 0. The van der Waals surface area contributed by atoms with Crippen molar-refractivity contribution in [2.45, 2.75) is 31.9 Å². The van der Waals surface area contributed by atoms with E-state index in [4.69, 9.17) is 9.26 Å². The highest BCUT2D eigenvalue weighted by atomic mass is 16.5. The van der Waals surface area contributed by atoms with Crippen LogP contribution in [-0.2, 0) is 11.3 Å². The van der Waals surface area contributed by atoms with Crippen molar-refractivity contribution >= 4 is 0 Å². The van der Waals surface area contributed by atoms with E-state index in [1.807, 2.05) is 7.05 Å². The highest BCUT2D eigenvalue weighted by molar-refractivity contribution is 4.92. The van der Waals surface area contributed by atoms with Crippen LogP contribution in [0.2, 0.25) is 0 Å². The van der Waals surface area contributed by atoms with Gasteiger partial charge in [-0.1, -0.05) is 5.16 Å². The molecule has 5 nitrogen and oxygen atoms in total. The van der Waals surface area contributed by atoms with E-state index in [2.05, 4.69) is 15.5 Å². The second kappa shape index (κ2) is 4.52. The number of hydrogen-bond donors (Lipinski definition) is 1. The number of nitrogens with zero attached hydrogens (tertiary/aromatic N) is 2. The molecule has 1 N–H and O–H groups in total. The van der Waals surface area contributed by atoms with Gasteiger partial charge in [0.05, 0.1) is 6.54 Å². The molecule has 1 aromatic heterocycles. The molecule has 0 aliphatic carbocycles. The Balaban J connectivity index is 2.00. The first kappa shape index (κ1) is 9.61. The van der Waals surface area contributed by atoms with Crippen LogP contribution in [0.25, 0.3) is 0 Å². The van der Waals surface area contributed by atoms with Gasteiger partial charge in [-0.2, -0.15) is 4.98 Å². The molecule has 1 aliphatic heterocycles. The van der Waals surface area contributed by atoms with Gasteiger partial charge in [-0.15, -0.1) is 0 Å². The second-order valence-electron chi connectivity index (χ2n) is 3.43. The molecule has 0 radical (unpaired) electrons. The average Bonchev–Trinajstić information content (AvgIpc) is 2.68. The van der Waals surface area contributed by atoms with Crippen molar-refractivity contribution < 1.29 is 9.26 Å². The predicted octanol–water partition coefficient (Wildman–Crippen LogP) is 1.03. The summed E-state index contributed by atoms with van der Waals surface area (Å²) in [7, 11) is 1.85. The van der Waals surface area contributed by atoms with Crippen LogP contribution in [0.3, 0.4) is 0 Å². The van der Waals surface area contributed by atoms with Gasteiger partial charge in [-0.05, 0) is 26.3 Å². The summed E-state index contributed by atoms with van der Waals surface area (Å²) >= 11 is 0. The van der Waals surface area contributed by atoms with Gasteiger partial charge in [0, 0.05) is 6.61 Å². The SMILES string of the molecule is CNCc1nc(C2CCCCO2)no1. The fraction of sp³-hybridized carbons (Fsp3) is 0.778. The minimum absolute atomic E-state index is 0.0399. The number of nitrogens with one attached hydrogen (secondary N) is 1. The summed E-state index contributed by atoms with van der Waals surface area (Å²) < 4.78 is 10.6. The first-order chi connectivity index (χ1) is 6.90. The zero-order chi connectivity index (χ0) is 9.80. The Morgan fingerprint density at radius 3 is 3.14 bits per heavy atom. The molecule has 1 atom stereocenters. The van der Waals surface area contributed by atoms with Crippen molar-refractivity contribution in [3.63, 3.8) is 0 Å². The van der Waals surface area contributed by atoms with E-state index >= 15 is 0 Å². The summed E-state index contributed by atoms with van der Waals surface area (Å²) in [4.78, 5) is 4.26. The van der Waals surface area contributed by atoms with Gasteiger partial charge in [0.25, 0.3) is 0 Å². The summed E-state index contributed by atoms with van der Waals surface area (Å²) in [5, 5.41) is 6.87. The molecule has 1 fully saturated rings. The highest BCUT2D eigenvalue weighted by Crippen LogP contribution is 2.25. The average molecular weight is 197 g/mol. The highest BCUT2D eigenvalue weighted by Gasteiger charge is 2.21. The van der Waals surface area contributed by atoms with Crippen LogP contribution in [0.1, 0.15) is 37.1 Å². The van der Waals surface area contributed by atoms with Gasteiger partial charge in [0.15, 0.2) is 0 Å². The van der Waals surface area contributed by atoms with Crippen LogP contribution in [0.4, 0.5) is 0 Å². The monoisotopic (exact) mass is 197 g/mol. The van der Waals surface area contributed by atoms with Crippen LogP contribution in [0.15, 0.2) is 4.52 Å². The molecule has 1 unspecified atom stereocenters. The van der Waals surface area contributed by atoms with Crippen molar-refractivity contribution in [2.24, 2.45) is 0 Å². The molecular weight excluding hydrogens is 182 g/mol. The van der Waals surface area contributed by atoms with Gasteiger partial charge >= 0.3 is 0 Å². The first-order valence-electron chi connectivity index (χ1n) is 4.99. The number of hydrogen-bond acceptors (Lipinski definition) is 5. The van der Waals surface area contributed by atoms with E-state index in [0.29, 0.717) is 18.3 Å². The quantitative estimate of drug-likeness (QED) is 0.784. The van der Waals surface area contributed by atoms with E-state index < -0.39 is 0 Å². The van der Waals surface area contributed by atoms with Crippen LogP contribution >= 0.6 is 0 Å². The van der Waals surface area contributed by atoms with E-state index in [0.717, 1.165) is 19.4 Å². The van der Waals surface area contributed by atoms with Gasteiger partial charge in [-0.3, -0.25) is 0 Å². The first-order valence-corrected chi connectivity index (χ1v) is 4.99. The van der Waals surface area contributed by atoms with Gasteiger partial charge in [-0.25, -0.2) is 0 Å². The standard InChI is InChI=1S/C9H15N3O2/c1-10-6-8-11-9(12-14-8)7-4-2-3-5-13-7/h7,10H,2-6H2,1H3. The molecule has 1 saturated heterocycles. The van der Waals surface area contributed by atoms with E-state index in [1.54, 1.807) is 0 Å². The summed E-state index contributed by atoms with van der Waals surface area (Å²) in [6.45, 7) is 1.42. The fourth-order valence-electron chi connectivity index (χ4n) is 1.57. The lowest BCUT2D eigenvalue weighted by molar-refractivity contribution is 0.00821. The Morgan fingerprint density at radius 1 is 1.50 bits per heavy atom. The molecule has 14 heavy (non-hydrogen) atoms. The molecule has 78 valence electrons. The third kappa shape index (κ3) is 2.10. The van der Waals surface area contributed by atoms with Gasteiger partial charge in [0.2, 0.25) is 11.7 Å². The van der Waals surface area contributed by atoms with Crippen LogP contribution in [0.5, 0.6) is 0 Å². The maximum Gasteiger partial charge on any atom is 0.240 e. The Hall–Kier alpha value is -0.940. The molecule has 0 saturated carbocycles. The number of rotatable bonds is 3. The lowest BCUT2D eigenvalue weighted by atomic mass is 10.1. The van der Waals surface area contributed by atoms with Crippen molar-refractivity contribution in [1.29, 1.82) is 0 Å². The van der Waals surface area contributed by atoms with Crippen molar-refractivity contribution in [2.75, 3.05) is 13.7 Å². The Morgan fingerprint density at radius 2 is 2.43 bits per heavy atom. The Bertz CT molecular complexity index is 281. The van der Waals surface area contributed by atoms with Gasteiger partial charge in [0.1, 0.15) is 6.10 Å². The third-order valence-electron chi connectivity index (χ3n) is 2.28. The molecule has 0 bridgehead atoms. The molecule has 0 aromatic carbocycles. The molecule has 1 aliphatic rings. The number of aromatic nitrogens is 2. The zero-order valence-corrected chi connectivity index (χ0v) is 8.32. The summed E-state index contributed by atoms with van der Waals surface area (Å²) in [5.74, 6) is 1.31. The lowest BCUT2D eigenvalue weighted by Crippen LogP contribution is -2.13. The molecule has 5 heteroatoms. The Labute approximate surface area is 82.8 Å². The summed E-state index contributed by atoms with van der Waals surface area (Å²) in [6.07, 6.45) is 3.36. The summed E-state index contributed by atoms with van der Waals surface area (Å²) in [6, 6.07) is 0. The molecule has 0 amide bonds. The normalized spacial score (nSPS) is 22.5. The number of ether oxygens (including phenoxy) is 1. The van der Waals surface area contributed by atoms with Crippen LogP contribution < -0.4 is 5.32 Å². The zero-order valence-electron chi connectivity index (χ0n) is 8.32. The topological polar surface area (TPSA) is 60.2 Å².